The van der Waals surface area contributed by atoms with E-state index in [0.29, 0.717) is 17.3 Å². The Hall–Kier alpha value is -3.26. The second-order valence-electron chi connectivity index (χ2n) is 7.84. The van der Waals surface area contributed by atoms with Crippen LogP contribution in [0.5, 0.6) is 0 Å². The molecule has 1 fully saturated rings. The summed E-state index contributed by atoms with van der Waals surface area (Å²) in [6, 6.07) is 19.8. The molecule has 0 spiro atoms. The van der Waals surface area contributed by atoms with Crippen LogP contribution in [0.15, 0.2) is 66.9 Å². The highest BCUT2D eigenvalue weighted by Crippen LogP contribution is 2.39. The molecule has 2 aromatic carbocycles. The van der Waals surface area contributed by atoms with E-state index in [1.54, 1.807) is 11.5 Å². The van der Waals surface area contributed by atoms with Crippen molar-refractivity contribution in [1.29, 1.82) is 0 Å². The molecule has 158 valence electrons. The van der Waals surface area contributed by atoms with Crippen molar-refractivity contribution in [2.24, 2.45) is 0 Å². The first-order valence-corrected chi connectivity index (χ1v) is 10.3. The molecule has 0 unspecified atom stereocenters. The van der Waals surface area contributed by atoms with Gasteiger partial charge in [0, 0.05) is 17.4 Å². The number of para-hydroxylation sites is 1. The summed E-state index contributed by atoms with van der Waals surface area (Å²) in [6.07, 6.45) is -1.34. The first-order valence-electron chi connectivity index (χ1n) is 10.3. The van der Waals surface area contributed by atoms with E-state index in [9.17, 15) is 10.2 Å². The lowest BCUT2D eigenvalue weighted by Crippen LogP contribution is -2.30. The van der Waals surface area contributed by atoms with Crippen LogP contribution in [0.3, 0.4) is 0 Å². The van der Waals surface area contributed by atoms with E-state index in [4.69, 9.17) is 9.72 Å². The molecule has 7 heteroatoms. The minimum absolute atomic E-state index is 0.484. The number of nitrogens with zero attached hydrogens (tertiary/aromatic N) is 3. The van der Waals surface area contributed by atoms with Crippen LogP contribution in [0.25, 0.3) is 22.2 Å². The lowest BCUT2D eigenvalue weighted by Gasteiger charge is -2.17. The Morgan fingerprint density at radius 2 is 1.61 bits per heavy atom. The number of aryl methyl sites for hydroxylation is 1. The fourth-order valence-corrected chi connectivity index (χ4v) is 4.09. The van der Waals surface area contributed by atoms with Crippen LogP contribution in [0.1, 0.15) is 19.0 Å². The number of benzene rings is 2. The van der Waals surface area contributed by atoms with Crippen LogP contribution in [-0.4, -0.2) is 43.1 Å². The second-order valence-corrected chi connectivity index (χ2v) is 7.84. The molecule has 5 rings (SSSR count). The highest BCUT2D eigenvalue weighted by Gasteiger charge is 2.42. The third kappa shape index (κ3) is 3.46. The molecule has 3 heterocycles. The smallest absolute Gasteiger partial charge is 0.164 e. The maximum absolute atomic E-state index is 10.6. The van der Waals surface area contributed by atoms with Crippen molar-refractivity contribution in [3.63, 3.8) is 0 Å². The van der Waals surface area contributed by atoms with Gasteiger partial charge in [-0.3, -0.25) is 0 Å². The Bertz CT molecular complexity index is 1210. The SMILES string of the molecule is Cc1nc(Nc2ccccc2)c2c(-c3ccccc3)cn([C@@H]3O[C@H](C)[C@@H](O)[C@H]3O)c2n1. The molecule has 1 aliphatic rings. The molecule has 3 N–H and O–H groups in total. The summed E-state index contributed by atoms with van der Waals surface area (Å²) in [6.45, 7) is 3.58. The van der Waals surface area contributed by atoms with E-state index in [2.05, 4.69) is 10.3 Å². The summed E-state index contributed by atoms with van der Waals surface area (Å²) in [7, 11) is 0. The number of rotatable bonds is 4. The fraction of sp³-hybridized carbons (Fsp3) is 0.250. The zero-order chi connectivity index (χ0) is 21.5. The Morgan fingerprint density at radius 3 is 2.26 bits per heavy atom. The van der Waals surface area contributed by atoms with Gasteiger partial charge in [0.25, 0.3) is 0 Å². The standard InChI is InChI=1S/C24H24N4O3/c1-14-20(29)21(30)24(31-14)28-13-18(16-9-5-3-6-10-16)19-22(25-15(2)26-23(19)28)27-17-11-7-4-8-12-17/h3-14,20-21,24,29-30H,1-2H3,(H,25,26,27)/t14-,20-,21-,24-/m1/s1. The molecule has 4 atom stereocenters. The van der Waals surface area contributed by atoms with Crippen LogP contribution in [-0.2, 0) is 4.74 Å². The Labute approximate surface area is 180 Å². The predicted octanol–water partition coefficient (Wildman–Crippen LogP) is 3.79. The number of anilines is 2. The van der Waals surface area contributed by atoms with Gasteiger partial charge in [0.2, 0.25) is 0 Å². The van der Waals surface area contributed by atoms with Gasteiger partial charge in [-0.05, 0) is 31.5 Å². The average molecular weight is 416 g/mol. The van der Waals surface area contributed by atoms with Gasteiger partial charge in [-0.2, -0.15) is 0 Å². The third-order valence-electron chi connectivity index (χ3n) is 5.66. The molecular formula is C24H24N4O3. The molecule has 0 saturated carbocycles. The van der Waals surface area contributed by atoms with Crippen LogP contribution < -0.4 is 5.32 Å². The van der Waals surface area contributed by atoms with Crippen molar-refractivity contribution in [3.8, 4) is 11.1 Å². The van der Waals surface area contributed by atoms with Gasteiger partial charge in [-0.25, -0.2) is 9.97 Å². The topological polar surface area (TPSA) is 92.4 Å². The summed E-state index contributed by atoms with van der Waals surface area (Å²) in [5, 5.41) is 25.1. The number of hydrogen-bond donors (Lipinski definition) is 3. The number of nitrogens with one attached hydrogen (secondary N) is 1. The molecule has 7 nitrogen and oxygen atoms in total. The summed E-state index contributed by atoms with van der Waals surface area (Å²) < 4.78 is 7.71. The molecule has 2 aromatic heterocycles. The third-order valence-corrected chi connectivity index (χ3v) is 5.66. The molecule has 1 saturated heterocycles. The zero-order valence-corrected chi connectivity index (χ0v) is 17.3. The summed E-state index contributed by atoms with van der Waals surface area (Å²) in [5.74, 6) is 1.26. The molecule has 1 aliphatic heterocycles. The molecule has 0 bridgehead atoms. The minimum atomic E-state index is -1.06. The quantitative estimate of drug-likeness (QED) is 0.469. The summed E-state index contributed by atoms with van der Waals surface area (Å²) in [4.78, 5) is 9.38. The largest absolute Gasteiger partial charge is 0.388 e. The fourth-order valence-electron chi connectivity index (χ4n) is 4.09. The van der Waals surface area contributed by atoms with Gasteiger partial charge in [0.05, 0.1) is 11.5 Å². The second kappa shape index (κ2) is 7.77. The van der Waals surface area contributed by atoms with Gasteiger partial charge in [-0.1, -0.05) is 48.5 Å². The number of aromatic nitrogens is 3. The van der Waals surface area contributed by atoms with E-state index in [-0.39, 0.29) is 0 Å². The van der Waals surface area contributed by atoms with Crippen LogP contribution in [0, 0.1) is 6.92 Å². The van der Waals surface area contributed by atoms with E-state index in [1.807, 2.05) is 73.8 Å². The zero-order valence-electron chi connectivity index (χ0n) is 17.3. The van der Waals surface area contributed by atoms with Crippen molar-refractivity contribution >= 4 is 22.5 Å². The van der Waals surface area contributed by atoms with Crippen molar-refractivity contribution in [1.82, 2.24) is 14.5 Å². The lowest BCUT2D eigenvalue weighted by atomic mass is 10.1. The Kier molecular flexibility index (Phi) is 4.94. The lowest BCUT2D eigenvalue weighted by molar-refractivity contribution is -0.0296. The van der Waals surface area contributed by atoms with Crippen molar-refractivity contribution in [2.75, 3.05) is 5.32 Å². The molecule has 4 aromatic rings. The van der Waals surface area contributed by atoms with Crippen LogP contribution in [0.2, 0.25) is 0 Å². The molecule has 0 aliphatic carbocycles. The van der Waals surface area contributed by atoms with Gasteiger partial charge in [0.1, 0.15) is 29.5 Å². The van der Waals surface area contributed by atoms with Crippen molar-refractivity contribution in [2.45, 2.75) is 38.4 Å². The predicted molar refractivity (Wildman–Crippen MR) is 119 cm³/mol. The Balaban J connectivity index is 1.74. The van der Waals surface area contributed by atoms with E-state index < -0.39 is 24.5 Å². The highest BCUT2D eigenvalue weighted by molar-refractivity contribution is 6.02. The van der Waals surface area contributed by atoms with Crippen molar-refractivity contribution < 1.29 is 14.9 Å². The van der Waals surface area contributed by atoms with E-state index >= 15 is 0 Å². The first-order chi connectivity index (χ1) is 15.0. The van der Waals surface area contributed by atoms with Crippen molar-refractivity contribution in [3.05, 3.63) is 72.7 Å². The number of aliphatic hydroxyl groups excluding tert-OH is 2. The van der Waals surface area contributed by atoms with Crippen LogP contribution in [0.4, 0.5) is 11.5 Å². The minimum Gasteiger partial charge on any atom is -0.388 e. The highest BCUT2D eigenvalue weighted by atomic mass is 16.6. The summed E-state index contributed by atoms with van der Waals surface area (Å²) >= 11 is 0. The molecular weight excluding hydrogens is 392 g/mol. The Morgan fingerprint density at radius 1 is 0.935 bits per heavy atom. The number of fused-ring (bicyclic) bond motifs is 1. The number of aliphatic hydroxyl groups is 2. The average Bonchev–Trinajstić information content (AvgIpc) is 3.28. The molecule has 0 radical (unpaired) electrons. The molecule has 0 amide bonds. The van der Waals surface area contributed by atoms with Gasteiger partial charge >= 0.3 is 0 Å². The van der Waals surface area contributed by atoms with E-state index in [0.717, 1.165) is 22.2 Å². The van der Waals surface area contributed by atoms with Gasteiger partial charge in [0.15, 0.2) is 6.23 Å². The number of hydrogen-bond acceptors (Lipinski definition) is 6. The van der Waals surface area contributed by atoms with Gasteiger partial charge in [-0.15, -0.1) is 0 Å². The maximum atomic E-state index is 10.6. The summed E-state index contributed by atoms with van der Waals surface area (Å²) in [5.41, 5.74) is 3.46. The number of ether oxygens (including phenoxy) is 1. The molecule has 31 heavy (non-hydrogen) atoms. The van der Waals surface area contributed by atoms with E-state index in [1.165, 1.54) is 0 Å². The monoisotopic (exact) mass is 416 g/mol. The maximum Gasteiger partial charge on any atom is 0.164 e. The first kappa shape index (κ1) is 19.7. The normalized spacial score (nSPS) is 23.4. The van der Waals surface area contributed by atoms with Gasteiger partial charge < -0.3 is 24.8 Å². The van der Waals surface area contributed by atoms with Crippen LogP contribution >= 0.6 is 0 Å².